The first-order chi connectivity index (χ1) is 8.25. The Kier molecular flexibility index (Phi) is 4.12. The van der Waals surface area contributed by atoms with Gasteiger partial charge in [-0.25, -0.2) is 9.97 Å². The number of thioether (sulfide) groups is 1. The summed E-state index contributed by atoms with van der Waals surface area (Å²) < 4.78 is 0. The minimum atomic E-state index is 0.0180. The van der Waals surface area contributed by atoms with Crippen LogP contribution in [0.2, 0.25) is 0 Å². The van der Waals surface area contributed by atoms with Crippen molar-refractivity contribution in [2.45, 2.75) is 18.1 Å². The third-order valence-corrected chi connectivity index (χ3v) is 3.43. The van der Waals surface area contributed by atoms with Gasteiger partial charge in [0.2, 0.25) is 0 Å². The van der Waals surface area contributed by atoms with Crippen molar-refractivity contribution in [3.05, 3.63) is 53.9 Å². The van der Waals surface area contributed by atoms with E-state index < -0.39 is 0 Å². The molecule has 1 aromatic heterocycles. The van der Waals surface area contributed by atoms with Crippen LogP contribution in [0.4, 0.5) is 0 Å². The van der Waals surface area contributed by atoms with Crippen molar-refractivity contribution in [1.82, 2.24) is 9.97 Å². The predicted octanol–water partition coefficient (Wildman–Crippen LogP) is 2.58. The topological polar surface area (TPSA) is 51.8 Å². The molecule has 2 aromatic rings. The minimum Gasteiger partial charge on any atom is -0.323 e. The van der Waals surface area contributed by atoms with Gasteiger partial charge in [0, 0.05) is 24.2 Å². The van der Waals surface area contributed by atoms with Crippen molar-refractivity contribution >= 4 is 11.8 Å². The van der Waals surface area contributed by atoms with Crippen LogP contribution < -0.4 is 5.73 Å². The Balaban J connectivity index is 1.93. The van der Waals surface area contributed by atoms with Crippen LogP contribution in [0.3, 0.4) is 0 Å². The summed E-state index contributed by atoms with van der Waals surface area (Å²) in [7, 11) is 0. The van der Waals surface area contributed by atoms with Crippen LogP contribution >= 0.6 is 11.8 Å². The Labute approximate surface area is 105 Å². The van der Waals surface area contributed by atoms with Gasteiger partial charge in [0.05, 0.1) is 0 Å². The summed E-state index contributed by atoms with van der Waals surface area (Å²) in [5, 5.41) is 0.773. The molecule has 2 N–H and O–H groups in total. The van der Waals surface area contributed by atoms with Crippen molar-refractivity contribution in [3.8, 4) is 0 Å². The van der Waals surface area contributed by atoms with E-state index in [0.29, 0.717) is 0 Å². The Bertz CT molecular complexity index is 456. The van der Waals surface area contributed by atoms with Gasteiger partial charge in [-0.3, -0.25) is 0 Å². The normalized spacial score (nSPS) is 12.4. The Hall–Kier alpha value is -1.39. The van der Waals surface area contributed by atoms with Crippen LogP contribution in [0.5, 0.6) is 0 Å². The molecule has 1 heterocycles. The molecule has 0 aliphatic carbocycles. The Morgan fingerprint density at radius 3 is 2.47 bits per heavy atom. The number of aryl methyl sites for hydroxylation is 1. The Morgan fingerprint density at radius 1 is 1.18 bits per heavy atom. The first-order valence-electron chi connectivity index (χ1n) is 5.47. The first-order valence-corrected chi connectivity index (χ1v) is 6.46. The van der Waals surface area contributed by atoms with E-state index in [1.807, 2.05) is 6.07 Å². The third-order valence-electron chi connectivity index (χ3n) is 2.44. The molecule has 2 rings (SSSR count). The molecule has 0 spiro atoms. The molecule has 0 fully saturated rings. The molecule has 0 radical (unpaired) electrons. The molecule has 3 nitrogen and oxygen atoms in total. The molecule has 1 unspecified atom stereocenters. The average molecular weight is 245 g/mol. The van der Waals surface area contributed by atoms with E-state index >= 15 is 0 Å². The molecule has 88 valence electrons. The van der Waals surface area contributed by atoms with Gasteiger partial charge in [0.15, 0.2) is 5.16 Å². The standard InChI is InChI=1S/C13H15N3S/c1-10-3-5-11(6-4-10)12(14)9-17-13-15-7-2-8-16-13/h2-8,12H,9,14H2,1H3. The molecule has 0 aliphatic heterocycles. The van der Waals surface area contributed by atoms with Crippen molar-refractivity contribution in [3.63, 3.8) is 0 Å². The van der Waals surface area contributed by atoms with Gasteiger partial charge in [-0.15, -0.1) is 0 Å². The van der Waals surface area contributed by atoms with Gasteiger partial charge in [-0.2, -0.15) is 0 Å². The number of hydrogen-bond donors (Lipinski definition) is 1. The van der Waals surface area contributed by atoms with Crippen LogP contribution in [0.15, 0.2) is 47.9 Å². The quantitative estimate of drug-likeness (QED) is 0.664. The first kappa shape index (κ1) is 12.1. The molecule has 1 atom stereocenters. The second-order valence-corrected chi connectivity index (χ2v) is 4.85. The van der Waals surface area contributed by atoms with Crippen molar-refractivity contribution in [1.29, 1.82) is 0 Å². The van der Waals surface area contributed by atoms with E-state index in [2.05, 4.69) is 41.2 Å². The van der Waals surface area contributed by atoms with Gasteiger partial charge in [0.25, 0.3) is 0 Å². The largest absolute Gasteiger partial charge is 0.323 e. The fourth-order valence-corrected chi connectivity index (χ4v) is 2.23. The maximum Gasteiger partial charge on any atom is 0.187 e. The summed E-state index contributed by atoms with van der Waals surface area (Å²) in [6, 6.07) is 10.1. The van der Waals surface area contributed by atoms with Gasteiger partial charge < -0.3 is 5.73 Å². The maximum atomic E-state index is 6.12. The highest BCUT2D eigenvalue weighted by molar-refractivity contribution is 7.99. The van der Waals surface area contributed by atoms with E-state index in [0.717, 1.165) is 16.5 Å². The zero-order valence-corrected chi connectivity index (χ0v) is 10.5. The van der Waals surface area contributed by atoms with Crippen LogP contribution in [0, 0.1) is 6.92 Å². The zero-order valence-electron chi connectivity index (χ0n) is 9.71. The maximum absolute atomic E-state index is 6.12. The molecular formula is C13H15N3S. The average Bonchev–Trinajstić information content (AvgIpc) is 2.38. The molecule has 0 bridgehead atoms. The van der Waals surface area contributed by atoms with Gasteiger partial charge in [0.1, 0.15) is 0 Å². The van der Waals surface area contributed by atoms with E-state index in [4.69, 9.17) is 5.73 Å². The summed E-state index contributed by atoms with van der Waals surface area (Å²) in [6.07, 6.45) is 3.49. The highest BCUT2D eigenvalue weighted by atomic mass is 32.2. The molecule has 1 aromatic carbocycles. The van der Waals surface area contributed by atoms with Crippen molar-refractivity contribution < 1.29 is 0 Å². The third kappa shape index (κ3) is 3.54. The van der Waals surface area contributed by atoms with E-state index in [1.54, 1.807) is 24.2 Å². The number of benzene rings is 1. The van der Waals surface area contributed by atoms with E-state index in [1.165, 1.54) is 5.56 Å². The van der Waals surface area contributed by atoms with E-state index in [9.17, 15) is 0 Å². The van der Waals surface area contributed by atoms with Gasteiger partial charge in [-0.05, 0) is 18.6 Å². The molecular weight excluding hydrogens is 230 g/mol. The van der Waals surface area contributed by atoms with Crippen LogP contribution in [0.25, 0.3) is 0 Å². The molecule has 0 saturated heterocycles. The fourth-order valence-electron chi connectivity index (χ4n) is 1.43. The molecule has 0 aliphatic rings. The molecule has 0 saturated carbocycles. The van der Waals surface area contributed by atoms with Crippen molar-refractivity contribution in [2.75, 3.05) is 5.75 Å². The van der Waals surface area contributed by atoms with Crippen LogP contribution in [0.1, 0.15) is 17.2 Å². The van der Waals surface area contributed by atoms with E-state index in [-0.39, 0.29) is 6.04 Å². The summed E-state index contributed by atoms with van der Waals surface area (Å²) in [6.45, 7) is 2.07. The number of aromatic nitrogens is 2. The second kappa shape index (κ2) is 5.80. The predicted molar refractivity (Wildman–Crippen MR) is 70.9 cm³/mol. The van der Waals surface area contributed by atoms with Gasteiger partial charge in [-0.1, -0.05) is 41.6 Å². The highest BCUT2D eigenvalue weighted by Gasteiger charge is 2.07. The lowest BCUT2D eigenvalue weighted by molar-refractivity contribution is 0.826. The minimum absolute atomic E-state index is 0.0180. The number of nitrogens with two attached hydrogens (primary N) is 1. The van der Waals surface area contributed by atoms with Crippen LogP contribution in [-0.2, 0) is 0 Å². The van der Waals surface area contributed by atoms with Crippen LogP contribution in [-0.4, -0.2) is 15.7 Å². The summed E-state index contributed by atoms with van der Waals surface area (Å²) in [5.41, 5.74) is 8.52. The lowest BCUT2D eigenvalue weighted by Gasteiger charge is -2.11. The smallest absolute Gasteiger partial charge is 0.187 e. The number of hydrogen-bond acceptors (Lipinski definition) is 4. The Morgan fingerprint density at radius 2 is 1.82 bits per heavy atom. The molecule has 0 amide bonds. The lowest BCUT2D eigenvalue weighted by Crippen LogP contribution is -2.13. The second-order valence-electron chi connectivity index (χ2n) is 3.86. The summed E-state index contributed by atoms with van der Waals surface area (Å²) >= 11 is 1.58. The monoisotopic (exact) mass is 245 g/mol. The zero-order chi connectivity index (χ0) is 12.1. The number of rotatable bonds is 4. The lowest BCUT2D eigenvalue weighted by atomic mass is 10.1. The highest BCUT2D eigenvalue weighted by Crippen LogP contribution is 2.20. The summed E-state index contributed by atoms with van der Waals surface area (Å²) in [5.74, 6) is 0.785. The summed E-state index contributed by atoms with van der Waals surface area (Å²) in [4.78, 5) is 8.31. The van der Waals surface area contributed by atoms with Gasteiger partial charge >= 0.3 is 0 Å². The molecule has 17 heavy (non-hydrogen) atoms. The number of nitrogens with zero attached hydrogens (tertiary/aromatic N) is 2. The molecule has 4 heteroatoms. The SMILES string of the molecule is Cc1ccc(C(N)CSc2ncccn2)cc1. The fraction of sp³-hybridized carbons (Fsp3) is 0.231. The van der Waals surface area contributed by atoms with Crippen molar-refractivity contribution in [2.24, 2.45) is 5.73 Å².